The Bertz CT molecular complexity index is 953. The van der Waals surface area contributed by atoms with Gasteiger partial charge in [0.05, 0.1) is 29.9 Å². The van der Waals surface area contributed by atoms with Crippen LogP contribution in [0.3, 0.4) is 0 Å². The van der Waals surface area contributed by atoms with Gasteiger partial charge in [-0.2, -0.15) is 0 Å². The summed E-state index contributed by atoms with van der Waals surface area (Å²) < 4.78 is 12.0. The van der Waals surface area contributed by atoms with Crippen molar-refractivity contribution in [3.63, 3.8) is 0 Å². The van der Waals surface area contributed by atoms with Crippen LogP contribution in [0.5, 0.6) is 11.5 Å². The Hall–Kier alpha value is -2.60. The molecule has 0 N–H and O–H groups in total. The monoisotopic (exact) mass is 368 g/mol. The number of ether oxygens (including phenoxy) is 2. The van der Waals surface area contributed by atoms with E-state index in [4.69, 9.17) is 9.47 Å². The summed E-state index contributed by atoms with van der Waals surface area (Å²) in [5.41, 5.74) is 4.48. The van der Waals surface area contributed by atoms with Crippen molar-refractivity contribution >= 4 is 27.5 Å². The predicted octanol–water partition coefficient (Wildman–Crippen LogP) is 3.94. The van der Waals surface area contributed by atoms with E-state index in [0.29, 0.717) is 12.1 Å². The Morgan fingerprint density at radius 3 is 2.88 bits per heavy atom. The number of hydrogen-bond donors (Lipinski definition) is 0. The highest BCUT2D eigenvalue weighted by atomic mass is 32.1. The van der Waals surface area contributed by atoms with Gasteiger partial charge < -0.3 is 14.4 Å². The normalized spacial score (nSPS) is 16.8. The molecule has 134 valence electrons. The van der Waals surface area contributed by atoms with Crippen molar-refractivity contribution in [1.29, 1.82) is 0 Å². The molecule has 1 aromatic heterocycles. The minimum Gasteiger partial charge on any atom is -0.497 e. The Morgan fingerprint density at radius 2 is 2.08 bits per heavy atom. The second-order valence-electron chi connectivity index (χ2n) is 6.38. The molecule has 1 fully saturated rings. The molecule has 0 aliphatic carbocycles. The molecule has 2 heterocycles. The molecule has 1 saturated heterocycles. The number of likely N-dealkylation sites (tertiary alicyclic amines) is 1. The van der Waals surface area contributed by atoms with E-state index in [-0.39, 0.29) is 11.8 Å². The number of aromatic nitrogens is 1. The van der Waals surface area contributed by atoms with Gasteiger partial charge in [-0.05, 0) is 42.8 Å². The van der Waals surface area contributed by atoms with Crippen LogP contribution >= 0.6 is 11.3 Å². The van der Waals surface area contributed by atoms with E-state index in [2.05, 4.69) is 4.98 Å². The van der Waals surface area contributed by atoms with Gasteiger partial charge in [-0.15, -0.1) is 11.3 Å². The number of fused-ring (bicyclic) bond motifs is 1. The maximum absolute atomic E-state index is 12.9. The third-order valence-corrected chi connectivity index (χ3v) is 5.74. The maximum atomic E-state index is 12.9. The van der Waals surface area contributed by atoms with E-state index in [1.54, 1.807) is 31.1 Å². The van der Waals surface area contributed by atoms with Crippen LogP contribution in [0.1, 0.15) is 28.3 Å². The molecule has 5 nitrogen and oxygen atoms in total. The van der Waals surface area contributed by atoms with Crippen molar-refractivity contribution < 1.29 is 14.3 Å². The molecule has 1 amide bonds. The summed E-state index contributed by atoms with van der Waals surface area (Å²) in [6.45, 7) is 1.41. The highest BCUT2D eigenvalue weighted by Crippen LogP contribution is 2.36. The number of carbonyl (C=O) groups is 1. The standard InChI is InChI=1S/C20H20N2O3S/c1-24-15-4-5-18(25-2)16(10-15)14-7-8-22(11-14)20(23)13-3-6-19-17(9-13)21-12-26-19/h3-6,9-10,12,14H,7-8,11H2,1-2H3/t14-/m1/s1. The lowest BCUT2D eigenvalue weighted by atomic mass is 9.97. The summed E-state index contributed by atoms with van der Waals surface area (Å²) in [7, 11) is 3.33. The van der Waals surface area contributed by atoms with Gasteiger partial charge in [0.25, 0.3) is 5.91 Å². The molecule has 26 heavy (non-hydrogen) atoms. The molecule has 1 atom stereocenters. The quantitative estimate of drug-likeness (QED) is 0.700. The Kier molecular flexibility index (Phi) is 4.51. The second kappa shape index (κ2) is 6.96. The van der Waals surface area contributed by atoms with Gasteiger partial charge in [-0.25, -0.2) is 4.98 Å². The summed E-state index contributed by atoms with van der Waals surface area (Å²) in [5.74, 6) is 1.95. The first-order valence-corrected chi connectivity index (χ1v) is 9.42. The van der Waals surface area contributed by atoms with Gasteiger partial charge in [0.2, 0.25) is 0 Å². The Balaban J connectivity index is 1.55. The van der Waals surface area contributed by atoms with E-state index in [0.717, 1.165) is 40.2 Å². The molecular weight excluding hydrogens is 348 g/mol. The van der Waals surface area contributed by atoms with Crippen LogP contribution in [0, 0.1) is 0 Å². The molecule has 1 aliphatic heterocycles. The summed E-state index contributed by atoms with van der Waals surface area (Å²) in [4.78, 5) is 19.1. The number of carbonyl (C=O) groups excluding carboxylic acids is 1. The van der Waals surface area contributed by atoms with Crippen molar-refractivity contribution in [2.45, 2.75) is 12.3 Å². The number of amides is 1. The molecule has 6 heteroatoms. The zero-order valence-corrected chi connectivity index (χ0v) is 15.6. The van der Waals surface area contributed by atoms with E-state index < -0.39 is 0 Å². The molecule has 0 bridgehead atoms. The summed E-state index contributed by atoms with van der Waals surface area (Å²) in [6, 6.07) is 11.6. The molecule has 3 aromatic rings. The van der Waals surface area contributed by atoms with Crippen molar-refractivity contribution in [3.05, 3.63) is 53.0 Å². The summed E-state index contributed by atoms with van der Waals surface area (Å²) >= 11 is 1.58. The van der Waals surface area contributed by atoms with Gasteiger partial charge in [-0.3, -0.25) is 4.79 Å². The van der Waals surface area contributed by atoms with Gasteiger partial charge in [0, 0.05) is 30.1 Å². The molecule has 0 saturated carbocycles. The number of benzene rings is 2. The van der Waals surface area contributed by atoms with E-state index in [9.17, 15) is 4.79 Å². The number of nitrogens with zero attached hydrogens (tertiary/aromatic N) is 2. The maximum Gasteiger partial charge on any atom is 0.253 e. The van der Waals surface area contributed by atoms with Crippen molar-refractivity contribution in [1.82, 2.24) is 9.88 Å². The molecule has 4 rings (SSSR count). The molecule has 0 spiro atoms. The van der Waals surface area contributed by atoms with Gasteiger partial charge in [-0.1, -0.05) is 0 Å². The fourth-order valence-electron chi connectivity index (χ4n) is 3.53. The summed E-state index contributed by atoms with van der Waals surface area (Å²) in [6.07, 6.45) is 0.911. The van der Waals surface area contributed by atoms with Crippen LogP contribution in [-0.4, -0.2) is 43.1 Å². The zero-order valence-electron chi connectivity index (χ0n) is 14.8. The fraction of sp³-hybridized carbons (Fsp3) is 0.300. The van der Waals surface area contributed by atoms with Crippen molar-refractivity contribution in [2.75, 3.05) is 27.3 Å². The smallest absolute Gasteiger partial charge is 0.253 e. The highest BCUT2D eigenvalue weighted by molar-refractivity contribution is 7.16. The number of methoxy groups -OCH3 is 2. The van der Waals surface area contributed by atoms with Crippen molar-refractivity contribution in [3.8, 4) is 11.5 Å². The third-order valence-electron chi connectivity index (χ3n) is 4.93. The molecule has 1 aliphatic rings. The van der Waals surface area contributed by atoms with Crippen LogP contribution in [0.25, 0.3) is 10.2 Å². The lowest BCUT2D eigenvalue weighted by Crippen LogP contribution is -2.28. The fourth-order valence-corrected chi connectivity index (χ4v) is 4.19. The minimum atomic E-state index is 0.0595. The largest absolute Gasteiger partial charge is 0.497 e. The number of rotatable bonds is 4. The molecule has 2 aromatic carbocycles. The molecular formula is C20H20N2O3S. The van der Waals surface area contributed by atoms with Crippen LogP contribution < -0.4 is 9.47 Å². The molecule has 0 unspecified atom stereocenters. The Morgan fingerprint density at radius 1 is 1.19 bits per heavy atom. The van der Waals surface area contributed by atoms with Crippen molar-refractivity contribution in [2.24, 2.45) is 0 Å². The van der Waals surface area contributed by atoms with Gasteiger partial charge in [0.15, 0.2) is 0 Å². The van der Waals surface area contributed by atoms with Crippen LogP contribution in [0.2, 0.25) is 0 Å². The number of hydrogen-bond acceptors (Lipinski definition) is 5. The van der Waals surface area contributed by atoms with Crippen LogP contribution in [0.4, 0.5) is 0 Å². The number of thiazole rings is 1. The van der Waals surface area contributed by atoms with E-state index in [1.165, 1.54) is 0 Å². The average molecular weight is 368 g/mol. The first kappa shape index (κ1) is 16.8. The van der Waals surface area contributed by atoms with Crippen LogP contribution in [0.15, 0.2) is 41.9 Å². The average Bonchev–Trinajstić information content (AvgIpc) is 3.35. The van der Waals surface area contributed by atoms with Crippen LogP contribution in [-0.2, 0) is 0 Å². The summed E-state index contributed by atoms with van der Waals surface area (Å²) in [5, 5.41) is 0. The first-order valence-electron chi connectivity index (χ1n) is 8.54. The topological polar surface area (TPSA) is 51.7 Å². The van der Waals surface area contributed by atoms with E-state index in [1.807, 2.05) is 41.3 Å². The van der Waals surface area contributed by atoms with E-state index >= 15 is 0 Å². The van der Waals surface area contributed by atoms with Gasteiger partial charge in [0.1, 0.15) is 11.5 Å². The Labute approximate surface area is 156 Å². The lowest BCUT2D eigenvalue weighted by Gasteiger charge is -2.18. The van der Waals surface area contributed by atoms with Gasteiger partial charge >= 0.3 is 0 Å². The first-order chi connectivity index (χ1) is 12.7. The lowest BCUT2D eigenvalue weighted by molar-refractivity contribution is 0.0791. The highest BCUT2D eigenvalue weighted by Gasteiger charge is 2.30. The predicted molar refractivity (Wildman–Crippen MR) is 102 cm³/mol. The minimum absolute atomic E-state index is 0.0595. The third kappa shape index (κ3) is 3.01. The second-order valence-corrected chi connectivity index (χ2v) is 7.27. The SMILES string of the molecule is COc1ccc(OC)c([C@@H]2CCN(C(=O)c3ccc4scnc4c3)C2)c1. The zero-order chi connectivity index (χ0) is 18.1. The molecule has 0 radical (unpaired) electrons.